The highest BCUT2D eigenvalue weighted by atomic mass is 35.5. The van der Waals surface area contributed by atoms with Gasteiger partial charge in [0.2, 0.25) is 10.0 Å². The molecule has 2 amide bonds. The topological polar surface area (TPSA) is 105 Å². The number of ether oxygens (including phenoxy) is 1. The van der Waals surface area contributed by atoms with E-state index in [0.29, 0.717) is 29.4 Å². The van der Waals surface area contributed by atoms with Crippen molar-refractivity contribution in [3.63, 3.8) is 0 Å². The van der Waals surface area contributed by atoms with Gasteiger partial charge in [0.15, 0.2) is 0 Å². The van der Waals surface area contributed by atoms with Crippen molar-refractivity contribution in [1.29, 1.82) is 0 Å². The van der Waals surface area contributed by atoms with Crippen LogP contribution in [-0.4, -0.2) is 39.6 Å². The first-order valence-electron chi connectivity index (χ1n) is 9.32. The molecule has 2 aromatic rings. The lowest BCUT2D eigenvalue weighted by atomic mass is 10.2. The van der Waals surface area contributed by atoms with Crippen molar-refractivity contribution < 1.29 is 22.7 Å². The lowest BCUT2D eigenvalue weighted by Crippen LogP contribution is -2.38. The molecule has 2 N–H and O–H groups in total. The van der Waals surface area contributed by atoms with Crippen molar-refractivity contribution in [3.8, 4) is 5.75 Å². The van der Waals surface area contributed by atoms with Crippen LogP contribution in [0.15, 0.2) is 42.5 Å². The van der Waals surface area contributed by atoms with E-state index in [0.717, 1.165) is 12.0 Å². The molecule has 0 aliphatic carbocycles. The molecule has 0 saturated carbocycles. The quantitative estimate of drug-likeness (QED) is 0.679. The van der Waals surface area contributed by atoms with Crippen LogP contribution < -0.4 is 19.7 Å². The molecule has 0 unspecified atom stereocenters. The number of nitrogens with one attached hydrogen (secondary N) is 2. The smallest absolute Gasteiger partial charge is 0.313 e. The van der Waals surface area contributed by atoms with Gasteiger partial charge in [0, 0.05) is 29.9 Å². The van der Waals surface area contributed by atoms with Gasteiger partial charge in [-0.25, -0.2) is 8.42 Å². The normalized spacial score (nSPS) is 15.3. The van der Waals surface area contributed by atoms with Gasteiger partial charge >= 0.3 is 11.8 Å². The van der Waals surface area contributed by atoms with E-state index in [2.05, 4.69) is 10.6 Å². The molecule has 0 aromatic heterocycles. The number of carbonyl (C=O) groups is 2. The molecule has 1 heterocycles. The van der Waals surface area contributed by atoms with Gasteiger partial charge in [-0.15, -0.1) is 0 Å². The minimum absolute atomic E-state index is 0.0848. The Bertz CT molecular complexity index is 1060. The van der Waals surface area contributed by atoms with Gasteiger partial charge in [-0.1, -0.05) is 23.7 Å². The molecule has 1 aliphatic rings. The van der Waals surface area contributed by atoms with E-state index in [9.17, 15) is 18.0 Å². The molecule has 1 fully saturated rings. The number of anilines is 2. The zero-order chi connectivity index (χ0) is 21.7. The lowest BCUT2D eigenvalue weighted by Gasteiger charge is -2.29. The van der Waals surface area contributed by atoms with E-state index in [-0.39, 0.29) is 18.0 Å². The fraction of sp³-hybridized carbons (Fsp3) is 0.300. The number of hydrogen-bond donors (Lipinski definition) is 2. The standard InChI is InChI=1S/C20H22ClN3O5S/c1-29-18-12-16(7-8-17(18)24-9-2-3-10-30(24,27)28)23-20(26)19(25)22-13-14-5-4-6-15(21)11-14/h4-8,11-12H,2-3,9-10,13H2,1H3,(H,22,25)(H,23,26). The monoisotopic (exact) mass is 451 g/mol. The Morgan fingerprint density at radius 1 is 1.13 bits per heavy atom. The molecule has 8 nitrogen and oxygen atoms in total. The summed E-state index contributed by atoms with van der Waals surface area (Å²) in [6, 6.07) is 11.5. The van der Waals surface area contributed by atoms with Crippen LogP contribution in [0.4, 0.5) is 11.4 Å². The SMILES string of the molecule is COc1cc(NC(=O)C(=O)NCc2cccc(Cl)c2)ccc1N1CCCCS1(=O)=O. The zero-order valence-corrected chi connectivity index (χ0v) is 17.9. The van der Waals surface area contributed by atoms with Crippen molar-refractivity contribution in [3.05, 3.63) is 53.1 Å². The number of sulfonamides is 1. The molecule has 10 heteroatoms. The van der Waals surface area contributed by atoms with Gasteiger partial charge in [0.1, 0.15) is 5.75 Å². The minimum atomic E-state index is -3.40. The van der Waals surface area contributed by atoms with Crippen LogP contribution in [0.25, 0.3) is 0 Å². The Morgan fingerprint density at radius 3 is 2.63 bits per heavy atom. The third kappa shape index (κ3) is 5.22. The Balaban J connectivity index is 1.67. The van der Waals surface area contributed by atoms with E-state index in [4.69, 9.17) is 16.3 Å². The lowest BCUT2D eigenvalue weighted by molar-refractivity contribution is -0.136. The third-order valence-electron chi connectivity index (χ3n) is 4.60. The molecule has 1 aliphatic heterocycles. The molecule has 2 aromatic carbocycles. The predicted octanol–water partition coefficient (Wildman–Crippen LogP) is 2.53. The van der Waals surface area contributed by atoms with E-state index in [1.165, 1.54) is 23.5 Å². The summed E-state index contributed by atoms with van der Waals surface area (Å²) in [5.41, 5.74) is 1.48. The number of halogens is 1. The van der Waals surface area contributed by atoms with Crippen LogP contribution in [0.3, 0.4) is 0 Å². The van der Waals surface area contributed by atoms with E-state index < -0.39 is 21.8 Å². The second-order valence-corrected chi connectivity index (χ2v) is 9.20. The average Bonchev–Trinajstić information content (AvgIpc) is 2.72. The second kappa shape index (κ2) is 9.36. The number of nitrogens with zero attached hydrogens (tertiary/aromatic N) is 1. The zero-order valence-electron chi connectivity index (χ0n) is 16.4. The highest BCUT2D eigenvalue weighted by Gasteiger charge is 2.28. The largest absolute Gasteiger partial charge is 0.494 e. The number of hydrogen-bond acceptors (Lipinski definition) is 5. The van der Waals surface area contributed by atoms with Crippen LogP contribution in [-0.2, 0) is 26.2 Å². The molecule has 30 heavy (non-hydrogen) atoms. The first-order chi connectivity index (χ1) is 14.3. The Hall–Kier alpha value is -2.78. The summed E-state index contributed by atoms with van der Waals surface area (Å²) in [5.74, 6) is -1.28. The van der Waals surface area contributed by atoms with Gasteiger partial charge in [0.25, 0.3) is 0 Å². The average molecular weight is 452 g/mol. The fourth-order valence-electron chi connectivity index (χ4n) is 3.12. The van der Waals surface area contributed by atoms with Crippen LogP contribution in [0.5, 0.6) is 5.75 Å². The maximum atomic E-state index is 12.4. The predicted molar refractivity (Wildman–Crippen MR) is 115 cm³/mol. The van der Waals surface area contributed by atoms with Crippen LogP contribution in [0.2, 0.25) is 5.02 Å². The van der Waals surface area contributed by atoms with Gasteiger partial charge in [-0.05, 0) is 42.7 Å². The molecule has 160 valence electrons. The number of amides is 2. The molecule has 0 atom stereocenters. The second-order valence-electron chi connectivity index (χ2n) is 6.75. The van der Waals surface area contributed by atoms with E-state index >= 15 is 0 Å². The molecule has 1 saturated heterocycles. The Labute approximate surface area is 180 Å². The number of rotatable bonds is 5. The summed E-state index contributed by atoms with van der Waals surface area (Å²) in [6.45, 7) is 0.526. The summed E-state index contributed by atoms with van der Waals surface area (Å²) in [6.07, 6.45) is 1.38. The van der Waals surface area contributed by atoms with E-state index in [1.807, 2.05) is 0 Å². The Morgan fingerprint density at radius 2 is 1.93 bits per heavy atom. The first kappa shape index (κ1) is 21.9. The fourth-order valence-corrected chi connectivity index (χ4v) is 4.98. The summed E-state index contributed by atoms with van der Waals surface area (Å²) in [7, 11) is -1.99. The molecule has 3 rings (SSSR count). The third-order valence-corrected chi connectivity index (χ3v) is 6.69. The summed E-state index contributed by atoms with van der Waals surface area (Å²) in [5, 5.41) is 5.55. The summed E-state index contributed by atoms with van der Waals surface area (Å²) in [4.78, 5) is 24.3. The molecule has 0 spiro atoms. The molecule has 0 radical (unpaired) electrons. The number of carbonyl (C=O) groups excluding carboxylic acids is 2. The van der Waals surface area contributed by atoms with Gasteiger partial charge < -0.3 is 15.4 Å². The summed E-state index contributed by atoms with van der Waals surface area (Å²) < 4.78 is 31.3. The van der Waals surface area contributed by atoms with E-state index in [1.54, 1.807) is 30.3 Å². The van der Waals surface area contributed by atoms with Crippen LogP contribution in [0.1, 0.15) is 18.4 Å². The van der Waals surface area contributed by atoms with Crippen molar-refractivity contribution in [2.45, 2.75) is 19.4 Å². The van der Waals surface area contributed by atoms with Crippen LogP contribution >= 0.6 is 11.6 Å². The van der Waals surface area contributed by atoms with Crippen LogP contribution in [0, 0.1) is 0 Å². The maximum absolute atomic E-state index is 12.4. The highest BCUT2D eigenvalue weighted by Crippen LogP contribution is 2.34. The van der Waals surface area contributed by atoms with Gasteiger partial charge in [-0.2, -0.15) is 0 Å². The first-order valence-corrected chi connectivity index (χ1v) is 11.3. The van der Waals surface area contributed by atoms with Crippen molar-refractivity contribution in [2.75, 3.05) is 29.0 Å². The summed E-state index contributed by atoms with van der Waals surface area (Å²) >= 11 is 5.90. The number of methoxy groups -OCH3 is 1. The van der Waals surface area contributed by atoms with Crippen molar-refractivity contribution >= 4 is 44.8 Å². The van der Waals surface area contributed by atoms with Crippen molar-refractivity contribution in [2.24, 2.45) is 0 Å². The molecule has 0 bridgehead atoms. The molecular formula is C20H22ClN3O5S. The van der Waals surface area contributed by atoms with Gasteiger partial charge in [0.05, 0.1) is 18.6 Å². The minimum Gasteiger partial charge on any atom is -0.494 e. The maximum Gasteiger partial charge on any atom is 0.313 e. The van der Waals surface area contributed by atoms with Crippen molar-refractivity contribution in [1.82, 2.24) is 5.32 Å². The Kier molecular flexibility index (Phi) is 6.84. The highest BCUT2D eigenvalue weighted by molar-refractivity contribution is 7.92. The number of benzene rings is 2. The van der Waals surface area contributed by atoms with Gasteiger partial charge in [-0.3, -0.25) is 13.9 Å². The molecular weight excluding hydrogens is 430 g/mol.